The van der Waals surface area contributed by atoms with Crippen molar-refractivity contribution in [3.8, 4) is 0 Å². The van der Waals surface area contributed by atoms with Crippen LogP contribution in [-0.4, -0.2) is 13.1 Å². The Hall–Kier alpha value is -0.300. The molecule has 0 aromatic carbocycles. The highest BCUT2D eigenvalue weighted by Gasteiger charge is 2.07. The van der Waals surface area contributed by atoms with Gasteiger partial charge in [-0.05, 0) is 37.8 Å². The summed E-state index contributed by atoms with van der Waals surface area (Å²) >= 11 is 0. The SMILES string of the molecule is CCNCCC=CCCC(C)(C)C. The van der Waals surface area contributed by atoms with Crippen molar-refractivity contribution < 1.29 is 0 Å². The third-order valence-corrected chi connectivity index (χ3v) is 1.97. The Morgan fingerprint density at radius 2 is 1.69 bits per heavy atom. The third-order valence-electron chi connectivity index (χ3n) is 1.97. The summed E-state index contributed by atoms with van der Waals surface area (Å²) in [6, 6.07) is 0. The zero-order valence-electron chi connectivity index (χ0n) is 9.69. The normalized spacial score (nSPS) is 12.6. The van der Waals surface area contributed by atoms with E-state index in [2.05, 4.69) is 45.2 Å². The quantitative estimate of drug-likeness (QED) is 0.492. The average molecular weight is 183 g/mol. The molecule has 78 valence electrons. The van der Waals surface area contributed by atoms with Gasteiger partial charge in [0.25, 0.3) is 0 Å². The van der Waals surface area contributed by atoms with Gasteiger partial charge in [0.15, 0.2) is 0 Å². The van der Waals surface area contributed by atoms with Gasteiger partial charge in [0.2, 0.25) is 0 Å². The molecule has 0 saturated carbocycles. The Kier molecular flexibility index (Phi) is 6.97. The minimum atomic E-state index is 0.478. The Morgan fingerprint density at radius 1 is 1.08 bits per heavy atom. The van der Waals surface area contributed by atoms with Gasteiger partial charge in [0, 0.05) is 0 Å². The van der Waals surface area contributed by atoms with Crippen LogP contribution in [0.2, 0.25) is 0 Å². The van der Waals surface area contributed by atoms with E-state index in [1.165, 1.54) is 12.8 Å². The Labute approximate surface area is 83.6 Å². The van der Waals surface area contributed by atoms with Crippen LogP contribution in [0.25, 0.3) is 0 Å². The number of hydrogen-bond donors (Lipinski definition) is 1. The van der Waals surface area contributed by atoms with E-state index >= 15 is 0 Å². The molecule has 0 amide bonds. The second-order valence-electron chi connectivity index (χ2n) is 4.71. The predicted molar refractivity (Wildman–Crippen MR) is 61.0 cm³/mol. The van der Waals surface area contributed by atoms with Crippen LogP contribution in [0.5, 0.6) is 0 Å². The van der Waals surface area contributed by atoms with Crippen LogP contribution in [0.15, 0.2) is 12.2 Å². The molecule has 0 bridgehead atoms. The van der Waals surface area contributed by atoms with Crippen LogP contribution in [0.3, 0.4) is 0 Å². The summed E-state index contributed by atoms with van der Waals surface area (Å²) in [5.41, 5.74) is 0.478. The number of rotatable bonds is 6. The van der Waals surface area contributed by atoms with Crippen molar-refractivity contribution in [1.29, 1.82) is 0 Å². The molecule has 0 rings (SSSR count). The molecule has 0 spiro atoms. The van der Waals surface area contributed by atoms with Crippen molar-refractivity contribution in [2.24, 2.45) is 5.41 Å². The van der Waals surface area contributed by atoms with Crippen LogP contribution < -0.4 is 5.32 Å². The maximum Gasteiger partial charge on any atom is -0.00144 e. The number of nitrogens with one attached hydrogen (secondary N) is 1. The summed E-state index contributed by atoms with van der Waals surface area (Å²) in [5, 5.41) is 3.30. The smallest absolute Gasteiger partial charge is 0.00144 e. The molecule has 0 aliphatic carbocycles. The maximum atomic E-state index is 3.30. The molecule has 0 atom stereocenters. The lowest BCUT2D eigenvalue weighted by atomic mass is 9.90. The molecular formula is C12H25N. The van der Waals surface area contributed by atoms with Gasteiger partial charge in [0.1, 0.15) is 0 Å². The second kappa shape index (κ2) is 7.14. The van der Waals surface area contributed by atoms with Gasteiger partial charge in [0.05, 0.1) is 0 Å². The lowest BCUT2D eigenvalue weighted by molar-refractivity contribution is 0.381. The summed E-state index contributed by atoms with van der Waals surface area (Å²) in [4.78, 5) is 0. The van der Waals surface area contributed by atoms with Crippen molar-refractivity contribution in [2.45, 2.75) is 47.0 Å². The number of allylic oxidation sites excluding steroid dienone is 1. The van der Waals surface area contributed by atoms with Crippen LogP contribution in [0.1, 0.15) is 47.0 Å². The molecule has 0 heterocycles. The molecule has 1 N–H and O–H groups in total. The summed E-state index contributed by atoms with van der Waals surface area (Å²) in [6.07, 6.45) is 8.26. The van der Waals surface area contributed by atoms with Gasteiger partial charge in [-0.25, -0.2) is 0 Å². The van der Waals surface area contributed by atoms with E-state index in [4.69, 9.17) is 0 Å². The number of hydrogen-bond acceptors (Lipinski definition) is 1. The van der Waals surface area contributed by atoms with Gasteiger partial charge < -0.3 is 5.32 Å². The van der Waals surface area contributed by atoms with E-state index in [-0.39, 0.29) is 0 Å². The summed E-state index contributed by atoms with van der Waals surface area (Å²) < 4.78 is 0. The highest BCUT2D eigenvalue weighted by molar-refractivity contribution is 4.83. The monoisotopic (exact) mass is 183 g/mol. The lowest BCUT2D eigenvalue weighted by Crippen LogP contribution is -2.12. The lowest BCUT2D eigenvalue weighted by Gasteiger charge is -2.15. The fourth-order valence-electron chi connectivity index (χ4n) is 1.11. The standard InChI is InChI=1S/C12H25N/c1-5-13-11-9-7-6-8-10-12(2,3)4/h6-7,13H,5,8-11H2,1-4H3. The van der Waals surface area contributed by atoms with Crippen LogP contribution in [-0.2, 0) is 0 Å². The minimum Gasteiger partial charge on any atom is -0.317 e. The van der Waals surface area contributed by atoms with Crippen molar-refractivity contribution in [2.75, 3.05) is 13.1 Å². The fourth-order valence-corrected chi connectivity index (χ4v) is 1.11. The predicted octanol–water partition coefficient (Wildman–Crippen LogP) is 3.37. The Morgan fingerprint density at radius 3 is 2.23 bits per heavy atom. The molecule has 0 fully saturated rings. The van der Waals surface area contributed by atoms with Crippen LogP contribution in [0.4, 0.5) is 0 Å². The first-order chi connectivity index (χ1) is 6.06. The molecule has 0 unspecified atom stereocenters. The molecule has 0 aliphatic heterocycles. The molecule has 0 aromatic heterocycles. The first-order valence-corrected chi connectivity index (χ1v) is 5.42. The highest BCUT2D eigenvalue weighted by atomic mass is 14.8. The maximum absolute atomic E-state index is 3.30. The van der Waals surface area contributed by atoms with Crippen LogP contribution >= 0.6 is 0 Å². The van der Waals surface area contributed by atoms with Gasteiger partial charge in [-0.2, -0.15) is 0 Å². The first kappa shape index (κ1) is 12.7. The van der Waals surface area contributed by atoms with Crippen molar-refractivity contribution in [3.05, 3.63) is 12.2 Å². The minimum absolute atomic E-state index is 0.478. The van der Waals surface area contributed by atoms with Gasteiger partial charge >= 0.3 is 0 Å². The third kappa shape index (κ3) is 11.7. The largest absolute Gasteiger partial charge is 0.317 e. The molecule has 0 saturated heterocycles. The molecule has 13 heavy (non-hydrogen) atoms. The second-order valence-corrected chi connectivity index (χ2v) is 4.71. The summed E-state index contributed by atoms with van der Waals surface area (Å²) in [7, 11) is 0. The molecular weight excluding hydrogens is 158 g/mol. The highest BCUT2D eigenvalue weighted by Crippen LogP contribution is 2.20. The molecule has 0 aromatic rings. The zero-order valence-corrected chi connectivity index (χ0v) is 9.69. The average Bonchev–Trinajstić information content (AvgIpc) is 2.01. The van der Waals surface area contributed by atoms with Gasteiger partial charge in [-0.1, -0.05) is 39.8 Å². The first-order valence-electron chi connectivity index (χ1n) is 5.42. The van der Waals surface area contributed by atoms with Crippen LogP contribution in [0, 0.1) is 5.41 Å². The van der Waals surface area contributed by atoms with E-state index < -0.39 is 0 Å². The topological polar surface area (TPSA) is 12.0 Å². The van der Waals surface area contributed by atoms with E-state index in [0.29, 0.717) is 5.41 Å². The van der Waals surface area contributed by atoms with E-state index in [1.807, 2.05) is 0 Å². The van der Waals surface area contributed by atoms with E-state index in [1.54, 1.807) is 0 Å². The van der Waals surface area contributed by atoms with Crippen molar-refractivity contribution in [1.82, 2.24) is 5.32 Å². The molecule has 1 nitrogen and oxygen atoms in total. The molecule has 1 heteroatoms. The summed E-state index contributed by atoms with van der Waals surface area (Å²) in [6.45, 7) is 11.2. The zero-order chi connectivity index (χ0) is 10.2. The van der Waals surface area contributed by atoms with Gasteiger partial charge in [-0.15, -0.1) is 0 Å². The fraction of sp³-hybridized carbons (Fsp3) is 0.833. The summed E-state index contributed by atoms with van der Waals surface area (Å²) in [5.74, 6) is 0. The molecule has 0 radical (unpaired) electrons. The van der Waals surface area contributed by atoms with Crippen molar-refractivity contribution >= 4 is 0 Å². The van der Waals surface area contributed by atoms with Crippen molar-refractivity contribution in [3.63, 3.8) is 0 Å². The van der Waals surface area contributed by atoms with E-state index in [0.717, 1.165) is 19.5 Å². The van der Waals surface area contributed by atoms with Gasteiger partial charge in [-0.3, -0.25) is 0 Å². The Balaban J connectivity index is 3.22. The Bertz CT molecular complexity index is 131. The van der Waals surface area contributed by atoms with E-state index in [9.17, 15) is 0 Å². The molecule has 0 aliphatic rings.